The number of nitrogens with one attached hydrogen (secondary N) is 1. The fourth-order valence-corrected chi connectivity index (χ4v) is 1.42. The summed E-state index contributed by atoms with van der Waals surface area (Å²) in [6, 6.07) is 2.88. The van der Waals surface area contributed by atoms with E-state index in [1.54, 1.807) is 20.8 Å². The molecule has 2 unspecified atom stereocenters. The van der Waals surface area contributed by atoms with E-state index in [-0.39, 0.29) is 24.1 Å². The average Bonchev–Trinajstić information content (AvgIpc) is 2.29. The summed E-state index contributed by atoms with van der Waals surface area (Å²) in [5.41, 5.74) is 5.52. The summed E-state index contributed by atoms with van der Waals surface area (Å²) in [6.45, 7) is 4.93. The molecule has 0 saturated heterocycles. The molecule has 1 amide bonds. The SMILES string of the molecule is Cc1ccc(C(F)(F)F)cc1NC(=O)C(C)C(C)N.Cl. The Morgan fingerprint density at radius 3 is 2.30 bits per heavy atom. The van der Waals surface area contributed by atoms with Crippen LogP contribution in [-0.4, -0.2) is 11.9 Å². The van der Waals surface area contributed by atoms with Crippen molar-refractivity contribution in [3.05, 3.63) is 29.3 Å². The minimum absolute atomic E-state index is 0. The highest BCUT2D eigenvalue weighted by molar-refractivity contribution is 5.93. The van der Waals surface area contributed by atoms with Gasteiger partial charge in [0.15, 0.2) is 0 Å². The van der Waals surface area contributed by atoms with Crippen LogP contribution in [0.1, 0.15) is 25.0 Å². The van der Waals surface area contributed by atoms with Crippen LogP contribution in [0.3, 0.4) is 0 Å². The molecule has 0 spiro atoms. The van der Waals surface area contributed by atoms with Crippen LogP contribution >= 0.6 is 12.4 Å². The lowest BCUT2D eigenvalue weighted by Gasteiger charge is -2.17. The maximum absolute atomic E-state index is 12.6. The van der Waals surface area contributed by atoms with Gasteiger partial charge in [0.05, 0.1) is 11.5 Å². The normalized spacial score (nSPS) is 14.2. The van der Waals surface area contributed by atoms with Crippen molar-refractivity contribution in [2.75, 3.05) is 5.32 Å². The van der Waals surface area contributed by atoms with Crippen LogP contribution in [-0.2, 0) is 11.0 Å². The minimum atomic E-state index is -4.43. The number of hydrogen-bond donors (Lipinski definition) is 2. The average molecular weight is 311 g/mol. The lowest BCUT2D eigenvalue weighted by atomic mass is 10.0. The first-order chi connectivity index (χ1) is 8.62. The molecule has 2 atom stereocenters. The Morgan fingerprint density at radius 1 is 1.30 bits per heavy atom. The van der Waals surface area contributed by atoms with E-state index in [9.17, 15) is 18.0 Å². The third-order valence-corrected chi connectivity index (χ3v) is 3.03. The number of aryl methyl sites for hydroxylation is 1. The summed E-state index contributed by atoms with van der Waals surface area (Å²) >= 11 is 0. The lowest BCUT2D eigenvalue weighted by Crippen LogP contribution is -2.34. The third-order valence-electron chi connectivity index (χ3n) is 3.03. The van der Waals surface area contributed by atoms with E-state index < -0.39 is 23.6 Å². The largest absolute Gasteiger partial charge is 0.416 e. The van der Waals surface area contributed by atoms with Crippen molar-refractivity contribution in [1.29, 1.82) is 0 Å². The number of carbonyl (C=O) groups excluding carboxylic acids is 1. The Hall–Kier alpha value is -1.27. The minimum Gasteiger partial charge on any atom is -0.327 e. The number of benzene rings is 1. The van der Waals surface area contributed by atoms with E-state index in [1.165, 1.54) is 6.07 Å². The lowest BCUT2D eigenvalue weighted by molar-refractivity contribution is -0.137. The van der Waals surface area contributed by atoms with Crippen LogP contribution in [0.4, 0.5) is 18.9 Å². The molecule has 0 heterocycles. The third kappa shape index (κ3) is 4.68. The van der Waals surface area contributed by atoms with Gasteiger partial charge in [-0.2, -0.15) is 13.2 Å². The molecule has 0 aliphatic rings. The van der Waals surface area contributed by atoms with E-state index in [4.69, 9.17) is 5.73 Å². The summed E-state index contributed by atoms with van der Waals surface area (Å²) in [6.07, 6.45) is -4.43. The number of halogens is 4. The molecule has 7 heteroatoms. The molecule has 3 nitrogen and oxygen atoms in total. The van der Waals surface area contributed by atoms with Crippen molar-refractivity contribution >= 4 is 24.0 Å². The molecule has 114 valence electrons. The topological polar surface area (TPSA) is 55.1 Å². The van der Waals surface area contributed by atoms with Crippen molar-refractivity contribution in [3.63, 3.8) is 0 Å². The van der Waals surface area contributed by atoms with E-state index >= 15 is 0 Å². The van der Waals surface area contributed by atoms with E-state index in [0.29, 0.717) is 5.56 Å². The van der Waals surface area contributed by atoms with E-state index in [1.807, 2.05) is 0 Å². The first-order valence-electron chi connectivity index (χ1n) is 5.87. The zero-order valence-corrected chi connectivity index (χ0v) is 12.2. The van der Waals surface area contributed by atoms with Crippen LogP contribution in [0.5, 0.6) is 0 Å². The number of rotatable bonds is 3. The van der Waals surface area contributed by atoms with Gasteiger partial charge in [0.2, 0.25) is 5.91 Å². The van der Waals surface area contributed by atoms with Gasteiger partial charge in [0.1, 0.15) is 0 Å². The molecule has 1 aromatic carbocycles. The van der Waals surface area contributed by atoms with Crippen LogP contribution in [0.25, 0.3) is 0 Å². The van der Waals surface area contributed by atoms with Gasteiger partial charge in [-0.15, -0.1) is 12.4 Å². The zero-order valence-electron chi connectivity index (χ0n) is 11.4. The molecule has 0 aliphatic carbocycles. The quantitative estimate of drug-likeness (QED) is 0.899. The monoisotopic (exact) mass is 310 g/mol. The fraction of sp³-hybridized carbons (Fsp3) is 0.462. The van der Waals surface area contributed by atoms with Gasteiger partial charge in [-0.1, -0.05) is 13.0 Å². The zero-order chi connectivity index (χ0) is 14.8. The molecular formula is C13H18ClF3N2O. The van der Waals surface area contributed by atoms with Gasteiger partial charge in [0.25, 0.3) is 0 Å². The highest BCUT2D eigenvalue weighted by Gasteiger charge is 2.31. The summed E-state index contributed by atoms with van der Waals surface area (Å²) < 4.78 is 37.8. The summed E-state index contributed by atoms with van der Waals surface area (Å²) in [7, 11) is 0. The highest BCUT2D eigenvalue weighted by Crippen LogP contribution is 2.32. The van der Waals surface area contributed by atoms with Crippen molar-refractivity contribution in [1.82, 2.24) is 0 Å². The van der Waals surface area contributed by atoms with Crippen LogP contribution in [0, 0.1) is 12.8 Å². The van der Waals surface area contributed by atoms with Gasteiger partial charge in [-0.25, -0.2) is 0 Å². The molecule has 0 radical (unpaired) electrons. The first kappa shape index (κ1) is 18.7. The molecule has 0 aliphatic heterocycles. The highest BCUT2D eigenvalue weighted by atomic mass is 35.5. The molecule has 0 fully saturated rings. The van der Waals surface area contributed by atoms with Gasteiger partial charge in [0, 0.05) is 11.7 Å². The molecule has 1 aromatic rings. The van der Waals surface area contributed by atoms with Gasteiger partial charge in [-0.3, -0.25) is 4.79 Å². The number of anilines is 1. The number of hydrogen-bond acceptors (Lipinski definition) is 2. The Kier molecular flexibility index (Phi) is 6.50. The molecule has 3 N–H and O–H groups in total. The number of alkyl halides is 3. The Labute approximate surface area is 122 Å². The van der Waals surface area contributed by atoms with Crippen LogP contribution in [0.15, 0.2) is 18.2 Å². The maximum Gasteiger partial charge on any atom is 0.416 e. The van der Waals surface area contributed by atoms with Crippen LogP contribution in [0.2, 0.25) is 0 Å². The number of amides is 1. The molecule has 1 rings (SSSR count). The summed E-state index contributed by atoms with van der Waals surface area (Å²) in [5, 5.41) is 2.48. The van der Waals surface area contributed by atoms with Gasteiger partial charge in [-0.05, 0) is 31.5 Å². The second kappa shape index (κ2) is 6.95. The Balaban J connectivity index is 0.00000361. The van der Waals surface area contributed by atoms with Gasteiger partial charge < -0.3 is 11.1 Å². The molecule has 20 heavy (non-hydrogen) atoms. The Morgan fingerprint density at radius 2 is 1.85 bits per heavy atom. The van der Waals surface area contributed by atoms with Crippen molar-refractivity contribution < 1.29 is 18.0 Å². The summed E-state index contributed by atoms with van der Waals surface area (Å²) in [5.74, 6) is -0.869. The molecule has 0 saturated carbocycles. The van der Waals surface area contributed by atoms with E-state index in [0.717, 1.165) is 12.1 Å². The molecular weight excluding hydrogens is 293 g/mol. The fourth-order valence-electron chi connectivity index (χ4n) is 1.42. The first-order valence-corrected chi connectivity index (χ1v) is 5.87. The van der Waals surface area contributed by atoms with Crippen molar-refractivity contribution in [2.24, 2.45) is 11.7 Å². The predicted octanol–water partition coefficient (Wildman–Crippen LogP) is 3.36. The molecule has 0 bridgehead atoms. The van der Waals surface area contributed by atoms with E-state index in [2.05, 4.69) is 5.32 Å². The Bertz CT molecular complexity index is 475. The van der Waals surface area contributed by atoms with Crippen molar-refractivity contribution in [3.8, 4) is 0 Å². The smallest absolute Gasteiger partial charge is 0.327 e. The number of nitrogens with two attached hydrogens (primary N) is 1. The standard InChI is InChI=1S/C13H17F3N2O.ClH/c1-7-4-5-10(13(14,15)16)6-11(7)18-12(19)8(2)9(3)17;/h4-6,8-9H,17H2,1-3H3,(H,18,19);1H. The van der Waals surface area contributed by atoms with Crippen molar-refractivity contribution in [2.45, 2.75) is 33.0 Å². The second-order valence-electron chi connectivity index (χ2n) is 4.66. The predicted molar refractivity (Wildman–Crippen MR) is 74.9 cm³/mol. The summed E-state index contributed by atoms with van der Waals surface area (Å²) in [4.78, 5) is 11.8. The number of carbonyl (C=O) groups is 1. The maximum atomic E-state index is 12.6. The second-order valence-corrected chi connectivity index (χ2v) is 4.66. The van der Waals surface area contributed by atoms with Crippen LogP contribution < -0.4 is 11.1 Å². The van der Waals surface area contributed by atoms with Gasteiger partial charge >= 0.3 is 6.18 Å². The molecule has 0 aromatic heterocycles.